The van der Waals surface area contributed by atoms with Gasteiger partial charge in [0.1, 0.15) is 5.82 Å². The van der Waals surface area contributed by atoms with Crippen LogP contribution < -0.4 is 5.56 Å². The summed E-state index contributed by atoms with van der Waals surface area (Å²) in [6.07, 6.45) is 5.32. The molecule has 128 valence electrons. The Bertz CT molecular complexity index is 1010. The fourth-order valence-electron chi connectivity index (χ4n) is 3.99. The number of hydrogen-bond acceptors (Lipinski definition) is 3. The molecule has 1 fully saturated rings. The van der Waals surface area contributed by atoms with Crippen molar-refractivity contribution < 1.29 is 0 Å². The number of para-hydroxylation sites is 1. The van der Waals surface area contributed by atoms with Crippen LogP contribution in [0.15, 0.2) is 35.3 Å². The molecule has 0 saturated heterocycles. The first-order valence-corrected chi connectivity index (χ1v) is 9.06. The molecule has 0 bridgehead atoms. The molecular formula is C20H22N4O. The molecule has 5 rings (SSSR count). The van der Waals surface area contributed by atoms with Gasteiger partial charge in [0.25, 0.3) is 5.56 Å². The summed E-state index contributed by atoms with van der Waals surface area (Å²) in [7, 11) is 2.10. The monoisotopic (exact) mass is 334 g/mol. The molecule has 5 heteroatoms. The quantitative estimate of drug-likeness (QED) is 0.801. The van der Waals surface area contributed by atoms with Gasteiger partial charge in [-0.2, -0.15) is 0 Å². The molecule has 1 saturated carbocycles. The summed E-state index contributed by atoms with van der Waals surface area (Å²) in [6, 6.07) is 8.53. The molecule has 1 N–H and O–H groups in total. The number of rotatable bonds is 3. The van der Waals surface area contributed by atoms with Crippen molar-refractivity contribution in [3.05, 3.63) is 63.5 Å². The lowest BCUT2D eigenvalue weighted by Gasteiger charge is -2.27. The molecule has 25 heavy (non-hydrogen) atoms. The van der Waals surface area contributed by atoms with E-state index in [4.69, 9.17) is 4.98 Å². The van der Waals surface area contributed by atoms with Crippen LogP contribution in [0.4, 0.5) is 0 Å². The maximum Gasteiger partial charge on any atom is 0.254 e. The van der Waals surface area contributed by atoms with Gasteiger partial charge >= 0.3 is 0 Å². The van der Waals surface area contributed by atoms with E-state index in [2.05, 4.69) is 52.0 Å². The molecule has 5 nitrogen and oxygen atoms in total. The van der Waals surface area contributed by atoms with Gasteiger partial charge in [0, 0.05) is 55.3 Å². The molecular weight excluding hydrogens is 312 g/mol. The lowest BCUT2D eigenvalue weighted by molar-refractivity contribution is 0.240. The highest BCUT2D eigenvalue weighted by Crippen LogP contribution is 2.38. The third kappa shape index (κ3) is 2.59. The third-order valence-electron chi connectivity index (χ3n) is 5.51. The summed E-state index contributed by atoms with van der Waals surface area (Å²) >= 11 is 0. The maximum absolute atomic E-state index is 12.3. The van der Waals surface area contributed by atoms with Crippen LogP contribution in [-0.2, 0) is 26.6 Å². The number of nitrogens with one attached hydrogen (secondary N) is 1. The number of benzene rings is 1. The topological polar surface area (TPSA) is 53.9 Å². The standard InChI is InChI=1S/C20H22N4O/c1-23-10-14(15-4-2-3-5-18(15)23)11-24-9-8-16-17(12-24)21-19(13-6-7-13)22-20(16)25/h2-5,10,13H,6-9,11-12H2,1H3,(H,21,22,25). The average Bonchev–Trinajstić information content (AvgIpc) is 3.41. The first kappa shape index (κ1) is 14.9. The molecule has 1 aromatic carbocycles. The second kappa shape index (κ2) is 5.56. The summed E-state index contributed by atoms with van der Waals surface area (Å²) in [5.41, 5.74) is 4.56. The Labute approximate surface area is 146 Å². The third-order valence-corrected chi connectivity index (χ3v) is 5.51. The van der Waals surface area contributed by atoms with Crippen molar-refractivity contribution in [1.82, 2.24) is 19.4 Å². The van der Waals surface area contributed by atoms with Gasteiger partial charge in [-0.25, -0.2) is 4.98 Å². The van der Waals surface area contributed by atoms with Gasteiger partial charge < -0.3 is 9.55 Å². The Kier molecular flexibility index (Phi) is 3.31. The second-order valence-corrected chi connectivity index (χ2v) is 7.39. The van der Waals surface area contributed by atoms with E-state index in [9.17, 15) is 4.79 Å². The van der Waals surface area contributed by atoms with Crippen LogP contribution in [0.1, 0.15) is 41.4 Å². The number of aromatic amines is 1. The van der Waals surface area contributed by atoms with Crippen LogP contribution in [0.3, 0.4) is 0 Å². The van der Waals surface area contributed by atoms with Crippen molar-refractivity contribution >= 4 is 10.9 Å². The summed E-state index contributed by atoms with van der Waals surface area (Å²) in [4.78, 5) is 22.5. The van der Waals surface area contributed by atoms with Gasteiger partial charge in [0.2, 0.25) is 0 Å². The largest absolute Gasteiger partial charge is 0.350 e. The van der Waals surface area contributed by atoms with E-state index < -0.39 is 0 Å². The van der Waals surface area contributed by atoms with Gasteiger partial charge in [-0.1, -0.05) is 18.2 Å². The Morgan fingerprint density at radius 2 is 2.12 bits per heavy atom. The number of aryl methyl sites for hydroxylation is 1. The first-order chi connectivity index (χ1) is 12.2. The minimum atomic E-state index is 0.0803. The Balaban J connectivity index is 1.44. The van der Waals surface area contributed by atoms with Crippen LogP contribution in [0.5, 0.6) is 0 Å². The molecule has 0 atom stereocenters. The normalized spacial score (nSPS) is 17.8. The number of hydrogen-bond donors (Lipinski definition) is 1. The zero-order valence-corrected chi connectivity index (χ0v) is 14.5. The number of nitrogens with zero attached hydrogens (tertiary/aromatic N) is 3. The van der Waals surface area contributed by atoms with Crippen molar-refractivity contribution in [2.75, 3.05) is 6.54 Å². The van der Waals surface area contributed by atoms with Crippen molar-refractivity contribution in [3.63, 3.8) is 0 Å². The van der Waals surface area contributed by atoms with Crippen LogP contribution in [0.2, 0.25) is 0 Å². The SMILES string of the molecule is Cn1cc(CN2CCc3c(nc(C4CC4)[nH]c3=O)C2)c2ccccc21. The lowest BCUT2D eigenvalue weighted by Crippen LogP contribution is -2.35. The predicted octanol–water partition coefficient (Wildman–Crippen LogP) is 2.70. The van der Waals surface area contributed by atoms with Crippen molar-refractivity contribution in [2.45, 2.75) is 38.3 Å². The van der Waals surface area contributed by atoms with Gasteiger partial charge in [-0.05, 0) is 30.9 Å². The predicted molar refractivity (Wildman–Crippen MR) is 97.6 cm³/mol. The smallest absolute Gasteiger partial charge is 0.254 e. The summed E-state index contributed by atoms with van der Waals surface area (Å²) in [5, 5.41) is 1.31. The van der Waals surface area contributed by atoms with Crippen LogP contribution in [-0.4, -0.2) is 26.0 Å². The number of fused-ring (bicyclic) bond motifs is 2. The molecule has 3 aromatic rings. The zero-order valence-electron chi connectivity index (χ0n) is 14.5. The highest BCUT2D eigenvalue weighted by Gasteiger charge is 2.29. The van der Waals surface area contributed by atoms with Crippen LogP contribution >= 0.6 is 0 Å². The number of aromatic nitrogens is 3. The number of H-pyrrole nitrogens is 1. The average molecular weight is 334 g/mol. The Morgan fingerprint density at radius 1 is 1.28 bits per heavy atom. The van der Waals surface area contributed by atoms with E-state index in [0.29, 0.717) is 5.92 Å². The van der Waals surface area contributed by atoms with E-state index in [-0.39, 0.29) is 5.56 Å². The fourth-order valence-corrected chi connectivity index (χ4v) is 3.99. The van der Waals surface area contributed by atoms with Crippen molar-refractivity contribution in [2.24, 2.45) is 7.05 Å². The van der Waals surface area contributed by atoms with Gasteiger partial charge in [-0.3, -0.25) is 9.69 Å². The van der Waals surface area contributed by atoms with Crippen LogP contribution in [0.25, 0.3) is 10.9 Å². The highest BCUT2D eigenvalue weighted by atomic mass is 16.1. The molecule has 0 radical (unpaired) electrons. The van der Waals surface area contributed by atoms with Gasteiger partial charge in [0.05, 0.1) is 5.69 Å². The maximum atomic E-state index is 12.3. The lowest BCUT2D eigenvalue weighted by atomic mass is 10.1. The van der Waals surface area contributed by atoms with E-state index in [1.807, 2.05) is 0 Å². The molecule has 1 aliphatic carbocycles. The summed E-state index contributed by atoms with van der Waals surface area (Å²) in [6.45, 7) is 2.57. The highest BCUT2D eigenvalue weighted by molar-refractivity contribution is 5.83. The molecule has 0 amide bonds. The molecule has 3 heterocycles. The molecule has 0 spiro atoms. The minimum absolute atomic E-state index is 0.0803. The van der Waals surface area contributed by atoms with Gasteiger partial charge in [-0.15, -0.1) is 0 Å². The molecule has 0 unspecified atom stereocenters. The first-order valence-electron chi connectivity index (χ1n) is 9.06. The summed E-state index contributed by atoms with van der Waals surface area (Å²) < 4.78 is 2.19. The second-order valence-electron chi connectivity index (χ2n) is 7.39. The van der Waals surface area contributed by atoms with Crippen molar-refractivity contribution in [1.29, 1.82) is 0 Å². The van der Waals surface area contributed by atoms with E-state index >= 15 is 0 Å². The Morgan fingerprint density at radius 3 is 2.96 bits per heavy atom. The molecule has 2 aliphatic rings. The van der Waals surface area contributed by atoms with E-state index in [1.54, 1.807) is 0 Å². The minimum Gasteiger partial charge on any atom is -0.350 e. The van der Waals surface area contributed by atoms with Crippen LogP contribution in [0, 0.1) is 0 Å². The summed E-state index contributed by atoms with van der Waals surface area (Å²) in [5.74, 6) is 1.38. The molecule has 1 aliphatic heterocycles. The van der Waals surface area contributed by atoms with E-state index in [0.717, 1.165) is 56.0 Å². The fraction of sp³-hybridized carbons (Fsp3) is 0.400. The van der Waals surface area contributed by atoms with E-state index in [1.165, 1.54) is 16.5 Å². The molecule has 2 aromatic heterocycles. The zero-order chi connectivity index (χ0) is 17.0. The Hall–Kier alpha value is -2.40. The van der Waals surface area contributed by atoms with Crippen molar-refractivity contribution in [3.8, 4) is 0 Å². The van der Waals surface area contributed by atoms with Gasteiger partial charge in [0.15, 0.2) is 0 Å².